The molecule has 5 nitrogen and oxygen atoms in total. The summed E-state index contributed by atoms with van der Waals surface area (Å²) < 4.78 is 0. The maximum atomic E-state index is 12.9. The third-order valence-corrected chi connectivity index (χ3v) is 4.29. The number of amides is 3. The van der Waals surface area contributed by atoms with E-state index in [1.807, 2.05) is 53.4 Å². The van der Waals surface area contributed by atoms with Crippen LogP contribution in [0, 0.1) is 0 Å². The van der Waals surface area contributed by atoms with E-state index in [2.05, 4.69) is 17.6 Å². The zero-order valence-corrected chi connectivity index (χ0v) is 13.9. The maximum Gasteiger partial charge on any atom is 0.314 e. The first kappa shape index (κ1) is 16.1. The second-order valence-corrected chi connectivity index (χ2v) is 5.99. The van der Waals surface area contributed by atoms with Gasteiger partial charge in [-0.2, -0.15) is 0 Å². The third-order valence-electron chi connectivity index (χ3n) is 4.29. The summed E-state index contributed by atoms with van der Waals surface area (Å²) in [5.41, 5.74) is 3.76. The molecule has 124 valence electrons. The lowest BCUT2D eigenvalue weighted by Gasteiger charge is -2.23. The van der Waals surface area contributed by atoms with Gasteiger partial charge in [0.2, 0.25) is 0 Å². The number of hydrogen-bond donors (Lipinski definition) is 2. The smallest absolute Gasteiger partial charge is 0.314 e. The largest absolute Gasteiger partial charge is 0.341 e. The summed E-state index contributed by atoms with van der Waals surface area (Å²) in [5.74, 6) is 0.0123. The van der Waals surface area contributed by atoms with Gasteiger partial charge in [-0.3, -0.25) is 4.79 Å². The van der Waals surface area contributed by atoms with Gasteiger partial charge in [0, 0.05) is 30.9 Å². The second-order valence-electron chi connectivity index (χ2n) is 5.99. The van der Waals surface area contributed by atoms with E-state index in [4.69, 9.17) is 0 Å². The van der Waals surface area contributed by atoms with E-state index in [9.17, 15) is 9.59 Å². The summed E-state index contributed by atoms with van der Waals surface area (Å²) >= 11 is 0. The minimum absolute atomic E-state index is 0.0123. The van der Waals surface area contributed by atoms with E-state index in [0.29, 0.717) is 12.1 Å². The van der Waals surface area contributed by atoms with E-state index < -0.39 is 0 Å². The van der Waals surface area contributed by atoms with Crippen LogP contribution >= 0.6 is 0 Å². The van der Waals surface area contributed by atoms with Gasteiger partial charge in [0.25, 0.3) is 5.91 Å². The molecule has 0 radical (unpaired) electrons. The van der Waals surface area contributed by atoms with Crippen molar-refractivity contribution in [2.75, 3.05) is 11.9 Å². The Morgan fingerprint density at radius 2 is 1.92 bits per heavy atom. The van der Waals surface area contributed by atoms with Crippen molar-refractivity contribution in [3.8, 4) is 0 Å². The Labute approximate surface area is 141 Å². The number of carbonyl (C=O) groups excluding carboxylic acids is 2. The average molecular weight is 323 g/mol. The normalized spacial score (nSPS) is 15.8. The summed E-state index contributed by atoms with van der Waals surface area (Å²) in [4.78, 5) is 26.1. The lowest BCUT2D eigenvalue weighted by molar-refractivity contribution is 0.0981. The number of hydrogen-bond acceptors (Lipinski definition) is 2. The summed E-state index contributed by atoms with van der Waals surface area (Å²) in [6.07, 6.45) is 0.844. The maximum absolute atomic E-state index is 12.9. The quantitative estimate of drug-likeness (QED) is 0.912. The van der Waals surface area contributed by atoms with E-state index in [1.165, 1.54) is 0 Å². The summed E-state index contributed by atoms with van der Waals surface area (Å²) in [6, 6.07) is 15.3. The van der Waals surface area contributed by atoms with Crippen molar-refractivity contribution in [2.45, 2.75) is 25.9 Å². The van der Waals surface area contributed by atoms with Crippen LogP contribution < -0.4 is 15.5 Å². The topological polar surface area (TPSA) is 61.4 Å². The predicted molar refractivity (Wildman–Crippen MR) is 94.2 cm³/mol. The molecular weight excluding hydrogens is 302 g/mol. The first-order valence-electron chi connectivity index (χ1n) is 8.06. The third kappa shape index (κ3) is 3.11. The van der Waals surface area contributed by atoms with E-state index in [1.54, 1.807) is 7.05 Å². The van der Waals surface area contributed by atoms with Crippen LogP contribution in [0.2, 0.25) is 0 Å². The van der Waals surface area contributed by atoms with Gasteiger partial charge in [-0.1, -0.05) is 30.3 Å². The highest BCUT2D eigenvalue weighted by atomic mass is 16.2. The van der Waals surface area contributed by atoms with Crippen LogP contribution in [0.5, 0.6) is 0 Å². The van der Waals surface area contributed by atoms with E-state index in [-0.39, 0.29) is 18.0 Å². The number of urea groups is 1. The molecule has 0 saturated carbocycles. The van der Waals surface area contributed by atoms with Crippen LogP contribution in [0.15, 0.2) is 48.5 Å². The van der Waals surface area contributed by atoms with Gasteiger partial charge in [0.15, 0.2) is 0 Å². The van der Waals surface area contributed by atoms with Gasteiger partial charge >= 0.3 is 6.03 Å². The lowest BCUT2D eigenvalue weighted by atomic mass is 10.1. The molecule has 3 amide bonds. The van der Waals surface area contributed by atoms with Gasteiger partial charge in [-0.15, -0.1) is 0 Å². The molecule has 0 aromatic heterocycles. The Bertz CT molecular complexity index is 758. The zero-order valence-electron chi connectivity index (χ0n) is 13.9. The molecule has 0 bridgehead atoms. The SMILES string of the molecule is CNC(=O)NCc1ccc2c(c1)N(C(=O)c1ccccc1)C(C)C2. The molecule has 1 aliphatic rings. The zero-order chi connectivity index (χ0) is 17.1. The molecule has 0 fully saturated rings. The number of carbonyl (C=O) groups is 2. The standard InChI is InChI=1S/C19H21N3O2/c1-13-10-16-9-8-14(12-21-19(24)20-2)11-17(16)22(13)18(23)15-6-4-3-5-7-15/h3-9,11,13H,10,12H2,1-2H3,(H2,20,21,24). The monoisotopic (exact) mass is 323 g/mol. The summed E-state index contributed by atoms with van der Waals surface area (Å²) in [6.45, 7) is 2.48. The van der Waals surface area contributed by atoms with Crippen molar-refractivity contribution in [2.24, 2.45) is 0 Å². The highest BCUT2D eigenvalue weighted by Gasteiger charge is 2.31. The Morgan fingerprint density at radius 3 is 2.62 bits per heavy atom. The first-order chi connectivity index (χ1) is 11.6. The second kappa shape index (κ2) is 6.74. The van der Waals surface area contributed by atoms with Crippen LogP contribution in [0.4, 0.5) is 10.5 Å². The molecule has 0 aliphatic carbocycles. The molecule has 2 N–H and O–H groups in total. The van der Waals surface area contributed by atoms with Crippen molar-refractivity contribution in [3.63, 3.8) is 0 Å². The molecule has 3 rings (SSSR count). The van der Waals surface area contributed by atoms with Crippen LogP contribution in [0.25, 0.3) is 0 Å². The molecule has 5 heteroatoms. The molecule has 1 heterocycles. The van der Waals surface area contributed by atoms with Gasteiger partial charge in [0.05, 0.1) is 0 Å². The fraction of sp³-hybridized carbons (Fsp3) is 0.263. The highest BCUT2D eigenvalue weighted by molar-refractivity contribution is 6.07. The minimum atomic E-state index is -0.221. The molecule has 24 heavy (non-hydrogen) atoms. The van der Waals surface area contributed by atoms with Crippen LogP contribution in [0.1, 0.15) is 28.4 Å². The number of fused-ring (bicyclic) bond motifs is 1. The Kier molecular flexibility index (Phi) is 4.51. The highest BCUT2D eigenvalue weighted by Crippen LogP contribution is 2.34. The lowest BCUT2D eigenvalue weighted by Crippen LogP contribution is -2.35. The summed E-state index contributed by atoms with van der Waals surface area (Å²) in [7, 11) is 1.58. The fourth-order valence-corrected chi connectivity index (χ4v) is 3.06. The van der Waals surface area contributed by atoms with Crippen molar-refractivity contribution in [3.05, 3.63) is 65.2 Å². The molecule has 2 aromatic rings. The predicted octanol–water partition coefficient (Wildman–Crippen LogP) is 2.71. The van der Waals surface area contributed by atoms with Crippen LogP contribution in [-0.2, 0) is 13.0 Å². The van der Waals surface area contributed by atoms with Gasteiger partial charge < -0.3 is 15.5 Å². The Balaban J connectivity index is 1.86. The van der Waals surface area contributed by atoms with Gasteiger partial charge in [-0.05, 0) is 42.7 Å². The molecule has 2 aromatic carbocycles. The number of nitrogens with one attached hydrogen (secondary N) is 2. The summed E-state index contributed by atoms with van der Waals surface area (Å²) in [5, 5.41) is 5.30. The van der Waals surface area contributed by atoms with E-state index in [0.717, 1.165) is 23.2 Å². The molecule has 1 unspecified atom stereocenters. The van der Waals surface area contributed by atoms with Crippen molar-refractivity contribution >= 4 is 17.6 Å². The van der Waals surface area contributed by atoms with Crippen LogP contribution in [-0.4, -0.2) is 25.0 Å². The van der Waals surface area contributed by atoms with Crippen molar-refractivity contribution < 1.29 is 9.59 Å². The molecule has 1 atom stereocenters. The number of nitrogens with zero attached hydrogens (tertiary/aromatic N) is 1. The Hall–Kier alpha value is -2.82. The van der Waals surface area contributed by atoms with Crippen molar-refractivity contribution in [1.82, 2.24) is 10.6 Å². The number of anilines is 1. The van der Waals surface area contributed by atoms with Gasteiger partial charge in [0.1, 0.15) is 0 Å². The molecule has 1 aliphatic heterocycles. The minimum Gasteiger partial charge on any atom is -0.341 e. The number of rotatable bonds is 3. The fourth-order valence-electron chi connectivity index (χ4n) is 3.06. The first-order valence-corrected chi connectivity index (χ1v) is 8.06. The average Bonchev–Trinajstić information content (AvgIpc) is 2.94. The molecule has 0 spiro atoms. The molecular formula is C19H21N3O2. The van der Waals surface area contributed by atoms with Crippen LogP contribution in [0.3, 0.4) is 0 Å². The Morgan fingerprint density at radius 1 is 1.17 bits per heavy atom. The number of benzene rings is 2. The van der Waals surface area contributed by atoms with Crippen molar-refractivity contribution in [1.29, 1.82) is 0 Å². The van der Waals surface area contributed by atoms with Gasteiger partial charge in [-0.25, -0.2) is 4.79 Å². The van der Waals surface area contributed by atoms with E-state index >= 15 is 0 Å². The molecule has 0 saturated heterocycles.